The van der Waals surface area contributed by atoms with Gasteiger partial charge in [-0.05, 0) is 24.8 Å². The first-order valence-corrected chi connectivity index (χ1v) is 10.1. The van der Waals surface area contributed by atoms with E-state index in [1.807, 2.05) is 43.0 Å². The monoisotopic (exact) mass is 382 g/mol. The minimum Gasteiger partial charge on any atom is -0.491 e. The molecule has 3 rings (SSSR count). The molecule has 0 radical (unpaired) electrons. The van der Waals surface area contributed by atoms with Crippen molar-refractivity contribution in [2.75, 3.05) is 32.8 Å². The van der Waals surface area contributed by atoms with Crippen molar-refractivity contribution in [2.45, 2.75) is 32.7 Å². The van der Waals surface area contributed by atoms with Gasteiger partial charge in [-0.1, -0.05) is 43.3 Å². The van der Waals surface area contributed by atoms with E-state index in [1.54, 1.807) is 0 Å². The largest absolute Gasteiger partial charge is 0.491 e. The van der Waals surface area contributed by atoms with Crippen LogP contribution in [0.1, 0.15) is 26.7 Å². The van der Waals surface area contributed by atoms with Crippen LogP contribution in [0, 0.1) is 0 Å². The van der Waals surface area contributed by atoms with Crippen molar-refractivity contribution in [3.05, 3.63) is 42.5 Å². The first kappa shape index (κ1) is 20.0. The Morgan fingerprint density at radius 3 is 2.86 bits per heavy atom. The van der Waals surface area contributed by atoms with Crippen molar-refractivity contribution in [2.24, 2.45) is 4.99 Å². The molecule has 0 aliphatic carbocycles. The van der Waals surface area contributed by atoms with Crippen molar-refractivity contribution in [3.63, 3.8) is 0 Å². The van der Waals surface area contributed by atoms with Crippen LogP contribution < -0.4 is 15.4 Å². The molecule has 6 heteroatoms. The molecule has 1 heterocycles. The second-order valence-corrected chi connectivity index (χ2v) is 6.91. The predicted molar refractivity (Wildman–Crippen MR) is 114 cm³/mol. The number of rotatable bonds is 7. The Morgan fingerprint density at radius 2 is 2.04 bits per heavy atom. The third-order valence-corrected chi connectivity index (χ3v) is 4.90. The lowest BCUT2D eigenvalue weighted by Gasteiger charge is -2.18. The van der Waals surface area contributed by atoms with Crippen LogP contribution in [-0.2, 0) is 4.79 Å². The fourth-order valence-electron chi connectivity index (χ4n) is 3.48. The van der Waals surface area contributed by atoms with E-state index in [0.717, 1.165) is 43.2 Å². The summed E-state index contributed by atoms with van der Waals surface area (Å²) in [5.74, 6) is 1.88. The number of nitrogens with zero attached hydrogens (tertiary/aromatic N) is 2. The summed E-state index contributed by atoms with van der Waals surface area (Å²) >= 11 is 0. The number of benzene rings is 2. The molecule has 28 heavy (non-hydrogen) atoms. The smallest absolute Gasteiger partial charge is 0.222 e. The van der Waals surface area contributed by atoms with E-state index in [-0.39, 0.29) is 11.9 Å². The molecule has 0 aromatic heterocycles. The van der Waals surface area contributed by atoms with Gasteiger partial charge in [0, 0.05) is 37.5 Å². The average molecular weight is 383 g/mol. The van der Waals surface area contributed by atoms with Gasteiger partial charge in [0.25, 0.3) is 0 Å². The summed E-state index contributed by atoms with van der Waals surface area (Å²) in [6.45, 7) is 7.37. The van der Waals surface area contributed by atoms with E-state index in [4.69, 9.17) is 4.74 Å². The lowest BCUT2D eigenvalue weighted by atomic mass is 10.1. The maximum absolute atomic E-state index is 11.8. The van der Waals surface area contributed by atoms with Gasteiger partial charge in [-0.3, -0.25) is 4.79 Å². The second kappa shape index (κ2) is 9.97. The maximum Gasteiger partial charge on any atom is 0.222 e. The highest BCUT2D eigenvalue weighted by Crippen LogP contribution is 2.24. The van der Waals surface area contributed by atoms with Crippen LogP contribution in [0.2, 0.25) is 0 Å². The summed E-state index contributed by atoms with van der Waals surface area (Å²) in [5, 5.41) is 9.01. The Balaban J connectivity index is 1.52. The second-order valence-electron chi connectivity index (χ2n) is 6.91. The molecule has 150 valence electrons. The van der Waals surface area contributed by atoms with Crippen molar-refractivity contribution in [1.29, 1.82) is 0 Å². The van der Waals surface area contributed by atoms with Gasteiger partial charge in [-0.2, -0.15) is 0 Å². The number of carbonyl (C=O) groups is 1. The van der Waals surface area contributed by atoms with Crippen LogP contribution in [0.15, 0.2) is 47.5 Å². The van der Waals surface area contributed by atoms with Crippen molar-refractivity contribution in [3.8, 4) is 5.75 Å². The zero-order valence-corrected chi connectivity index (χ0v) is 16.8. The fourth-order valence-corrected chi connectivity index (χ4v) is 3.48. The van der Waals surface area contributed by atoms with Gasteiger partial charge in [0.15, 0.2) is 5.96 Å². The molecule has 6 nitrogen and oxygen atoms in total. The number of aliphatic imine (C=N–C) groups is 1. The fraction of sp³-hybridized carbons (Fsp3) is 0.455. The van der Waals surface area contributed by atoms with Gasteiger partial charge in [0.2, 0.25) is 5.91 Å². The van der Waals surface area contributed by atoms with Crippen LogP contribution in [-0.4, -0.2) is 55.6 Å². The molecule has 1 amide bonds. The molecule has 0 bridgehead atoms. The summed E-state index contributed by atoms with van der Waals surface area (Å²) in [4.78, 5) is 18.4. The van der Waals surface area contributed by atoms with E-state index in [1.165, 1.54) is 5.39 Å². The number of guanidine groups is 1. The van der Waals surface area contributed by atoms with Gasteiger partial charge >= 0.3 is 0 Å². The average Bonchev–Trinajstić information content (AvgIpc) is 3.19. The molecular formula is C22H30N4O2. The van der Waals surface area contributed by atoms with E-state index in [2.05, 4.69) is 33.8 Å². The zero-order valence-electron chi connectivity index (χ0n) is 16.8. The number of ether oxygens (including phenoxy) is 1. The van der Waals surface area contributed by atoms with E-state index < -0.39 is 0 Å². The Morgan fingerprint density at radius 1 is 1.21 bits per heavy atom. The highest BCUT2D eigenvalue weighted by Gasteiger charge is 2.25. The summed E-state index contributed by atoms with van der Waals surface area (Å²) in [7, 11) is 0. The molecule has 1 aliphatic rings. The molecule has 1 atom stereocenters. The Kier molecular flexibility index (Phi) is 7.12. The number of fused-ring (bicyclic) bond motifs is 1. The standard InChI is InChI=1S/C22H30N4O2/c1-3-21(27)26-14-12-18(16-26)25-22(23-4-2)24-13-15-28-20-11-7-9-17-8-5-6-10-19(17)20/h5-11,18H,3-4,12-16H2,1-2H3,(H2,23,24,25). The molecule has 2 N–H and O–H groups in total. The van der Waals surface area contributed by atoms with Crippen molar-refractivity contribution >= 4 is 22.6 Å². The minimum absolute atomic E-state index is 0.217. The molecular weight excluding hydrogens is 352 g/mol. The molecule has 1 fully saturated rings. The molecule has 0 spiro atoms. The summed E-state index contributed by atoms with van der Waals surface area (Å²) in [6, 6.07) is 14.5. The van der Waals surface area contributed by atoms with Gasteiger partial charge in [0.1, 0.15) is 12.4 Å². The third kappa shape index (κ3) is 5.15. The number of nitrogens with one attached hydrogen (secondary N) is 2. The summed E-state index contributed by atoms with van der Waals surface area (Å²) in [5.41, 5.74) is 0. The summed E-state index contributed by atoms with van der Waals surface area (Å²) in [6.07, 6.45) is 1.51. The minimum atomic E-state index is 0.217. The quantitative estimate of drug-likeness (QED) is 0.439. The van der Waals surface area contributed by atoms with Crippen LogP contribution in [0.4, 0.5) is 0 Å². The predicted octanol–water partition coefficient (Wildman–Crippen LogP) is 2.78. The van der Waals surface area contributed by atoms with E-state index in [0.29, 0.717) is 19.6 Å². The lowest BCUT2D eigenvalue weighted by molar-refractivity contribution is -0.129. The third-order valence-electron chi connectivity index (χ3n) is 4.90. The number of hydrogen-bond donors (Lipinski definition) is 2. The van der Waals surface area contributed by atoms with Gasteiger partial charge in [0.05, 0.1) is 6.54 Å². The first-order valence-electron chi connectivity index (χ1n) is 10.1. The van der Waals surface area contributed by atoms with Gasteiger partial charge < -0.3 is 20.3 Å². The number of amides is 1. The number of likely N-dealkylation sites (tertiary alicyclic amines) is 1. The maximum atomic E-state index is 11.8. The van der Waals surface area contributed by atoms with Crippen LogP contribution in [0.5, 0.6) is 5.75 Å². The Bertz CT molecular complexity index is 816. The highest BCUT2D eigenvalue weighted by molar-refractivity contribution is 5.88. The number of carbonyl (C=O) groups excluding carboxylic acids is 1. The SMILES string of the molecule is CCNC(=NCCOc1cccc2ccccc12)NC1CCN(C(=O)CC)C1. The molecule has 2 aromatic carbocycles. The topological polar surface area (TPSA) is 66.0 Å². The zero-order chi connectivity index (χ0) is 19.8. The van der Waals surface area contributed by atoms with Crippen molar-refractivity contribution in [1.82, 2.24) is 15.5 Å². The normalized spacial score (nSPS) is 17.0. The highest BCUT2D eigenvalue weighted by atomic mass is 16.5. The first-order chi connectivity index (χ1) is 13.7. The van der Waals surface area contributed by atoms with Crippen LogP contribution >= 0.6 is 0 Å². The molecule has 0 saturated carbocycles. The Labute approximate surface area is 167 Å². The molecule has 1 aliphatic heterocycles. The number of hydrogen-bond acceptors (Lipinski definition) is 3. The van der Waals surface area contributed by atoms with Crippen LogP contribution in [0.25, 0.3) is 10.8 Å². The molecule has 1 unspecified atom stereocenters. The summed E-state index contributed by atoms with van der Waals surface area (Å²) < 4.78 is 5.97. The van der Waals surface area contributed by atoms with Crippen LogP contribution in [0.3, 0.4) is 0 Å². The Hall–Kier alpha value is -2.76. The van der Waals surface area contributed by atoms with E-state index >= 15 is 0 Å². The molecule has 1 saturated heterocycles. The van der Waals surface area contributed by atoms with Gasteiger partial charge in [-0.25, -0.2) is 4.99 Å². The van der Waals surface area contributed by atoms with E-state index in [9.17, 15) is 4.79 Å². The molecule has 2 aromatic rings. The lowest BCUT2D eigenvalue weighted by Crippen LogP contribution is -2.45. The van der Waals surface area contributed by atoms with Crippen molar-refractivity contribution < 1.29 is 9.53 Å². The van der Waals surface area contributed by atoms with Gasteiger partial charge in [-0.15, -0.1) is 0 Å².